The Kier molecular flexibility index (Phi) is 8.36. The van der Waals surface area contributed by atoms with Gasteiger partial charge in [0.05, 0.1) is 18.8 Å². The van der Waals surface area contributed by atoms with Crippen molar-refractivity contribution in [1.29, 1.82) is 0 Å². The van der Waals surface area contributed by atoms with Crippen LogP contribution in [0.3, 0.4) is 0 Å². The van der Waals surface area contributed by atoms with E-state index >= 15 is 0 Å². The van der Waals surface area contributed by atoms with Crippen molar-refractivity contribution >= 4 is 0 Å². The van der Waals surface area contributed by atoms with Crippen molar-refractivity contribution in [2.75, 3.05) is 13.2 Å². The van der Waals surface area contributed by atoms with Gasteiger partial charge >= 0.3 is 0 Å². The minimum absolute atomic E-state index is 0.324. The summed E-state index contributed by atoms with van der Waals surface area (Å²) in [5, 5.41) is 3.65. The number of hydrogen-bond donors (Lipinski definition) is 1. The van der Waals surface area contributed by atoms with Crippen LogP contribution in [0.1, 0.15) is 65.7 Å². The standard InChI is InChI=1S/C16H31NO/c1-4-12-17-16(13-18-14(2)3)15-10-8-6-5-7-9-11-15/h10,14,16-17H,4-9,11-13H2,1-3H3. The quantitative estimate of drug-likeness (QED) is 0.691. The Labute approximate surface area is 113 Å². The molecule has 0 aromatic rings. The zero-order chi connectivity index (χ0) is 13.2. The third kappa shape index (κ3) is 6.55. The van der Waals surface area contributed by atoms with E-state index in [0.717, 1.165) is 13.2 Å². The molecule has 0 aromatic carbocycles. The van der Waals surface area contributed by atoms with Crippen molar-refractivity contribution in [2.45, 2.75) is 77.9 Å². The summed E-state index contributed by atoms with van der Waals surface area (Å²) in [5.41, 5.74) is 1.59. The normalized spacial score (nSPS) is 19.2. The predicted molar refractivity (Wildman–Crippen MR) is 79.0 cm³/mol. The van der Waals surface area contributed by atoms with Crippen molar-refractivity contribution in [2.24, 2.45) is 0 Å². The Bertz CT molecular complexity index is 235. The van der Waals surface area contributed by atoms with E-state index < -0.39 is 0 Å². The summed E-state index contributed by atoms with van der Waals surface area (Å²) >= 11 is 0. The summed E-state index contributed by atoms with van der Waals surface area (Å²) in [6, 6.07) is 0.436. The molecule has 0 aromatic heterocycles. The Morgan fingerprint density at radius 1 is 1.22 bits per heavy atom. The maximum absolute atomic E-state index is 5.82. The smallest absolute Gasteiger partial charge is 0.0661 e. The molecule has 1 aliphatic rings. The number of rotatable bonds is 7. The molecular formula is C16H31NO. The molecule has 0 heterocycles. The molecule has 1 unspecified atom stereocenters. The third-order valence-corrected chi connectivity index (χ3v) is 3.51. The SMILES string of the molecule is CCCNC(COC(C)C)C1=CCCCCCC1. The molecule has 106 valence electrons. The summed E-state index contributed by atoms with van der Waals surface area (Å²) in [5.74, 6) is 0. The maximum atomic E-state index is 5.82. The van der Waals surface area contributed by atoms with Gasteiger partial charge in [-0.3, -0.25) is 0 Å². The Morgan fingerprint density at radius 3 is 2.72 bits per heavy atom. The zero-order valence-corrected chi connectivity index (χ0v) is 12.5. The molecule has 0 radical (unpaired) electrons. The van der Waals surface area contributed by atoms with E-state index in [9.17, 15) is 0 Å². The molecule has 0 bridgehead atoms. The lowest BCUT2D eigenvalue weighted by atomic mass is 9.95. The molecule has 0 amide bonds. The van der Waals surface area contributed by atoms with E-state index in [1.54, 1.807) is 5.57 Å². The van der Waals surface area contributed by atoms with Gasteiger partial charge in [-0.25, -0.2) is 0 Å². The second-order valence-electron chi connectivity index (χ2n) is 5.62. The molecule has 0 saturated carbocycles. The summed E-state index contributed by atoms with van der Waals surface area (Å²) < 4.78 is 5.82. The largest absolute Gasteiger partial charge is 0.377 e. The monoisotopic (exact) mass is 253 g/mol. The molecular weight excluding hydrogens is 222 g/mol. The van der Waals surface area contributed by atoms with E-state index in [1.807, 2.05) is 0 Å². The number of ether oxygens (including phenoxy) is 1. The molecule has 2 heteroatoms. The first-order valence-corrected chi connectivity index (χ1v) is 7.78. The van der Waals surface area contributed by atoms with Crippen LogP contribution in [0.25, 0.3) is 0 Å². The summed E-state index contributed by atoms with van der Waals surface area (Å²) in [6.07, 6.45) is 12.0. The highest BCUT2D eigenvalue weighted by atomic mass is 16.5. The molecule has 1 atom stereocenters. The van der Waals surface area contributed by atoms with Gasteiger partial charge in [-0.15, -0.1) is 0 Å². The molecule has 2 nitrogen and oxygen atoms in total. The molecule has 1 aliphatic carbocycles. The Morgan fingerprint density at radius 2 is 2.00 bits per heavy atom. The van der Waals surface area contributed by atoms with Gasteiger partial charge in [0, 0.05) is 0 Å². The predicted octanol–water partition coefficient (Wildman–Crippen LogP) is 4.06. The van der Waals surface area contributed by atoms with Gasteiger partial charge in [0.1, 0.15) is 0 Å². The molecule has 1 rings (SSSR count). The van der Waals surface area contributed by atoms with E-state index in [-0.39, 0.29) is 0 Å². The second kappa shape index (κ2) is 9.57. The average Bonchev–Trinajstić information content (AvgIpc) is 2.30. The van der Waals surface area contributed by atoms with E-state index in [1.165, 1.54) is 44.9 Å². The molecule has 18 heavy (non-hydrogen) atoms. The van der Waals surface area contributed by atoms with Crippen molar-refractivity contribution in [3.8, 4) is 0 Å². The number of allylic oxidation sites excluding steroid dienone is 1. The molecule has 0 fully saturated rings. The van der Waals surface area contributed by atoms with Crippen LogP contribution in [0, 0.1) is 0 Å². The average molecular weight is 253 g/mol. The summed E-state index contributed by atoms with van der Waals surface area (Å²) in [7, 11) is 0. The number of hydrogen-bond acceptors (Lipinski definition) is 2. The van der Waals surface area contributed by atoms with Crippen LogP contribution in [0.5, 0.6) is 0 Å². The fourth-order valence-corrected chi connectivity index (χ4v) is 2.44. The minimum Gasteiger partial charge on any atom is -0.377 e. The van der Waals surface area contributed by atoms with Crippen molar-refractivity contribution in [1.82, 2.24) is 5.32 Å². The van der Waals surface area contributed by atoms with Crippen molar-refractivity contribution < 1.29 is 4.74 Å². The van der Waals surface area contributed by atoms with Gasteiger partial charge in [0.25, 0.3) is 0 Å². The highest BCUT2D eigenvalue weighted by Crippen LogP contribution is 2.20. The van der Waals surface area contributed by atoms with Gasteiger partial charge < -0.3 is 10.1 Å². The first-order valence-electron chi connectivity index (χ1n) is 7.78. The van der Waals surface area contributed by atoms with Gasteiger partial charge in [0.15, 0.2) is 0 Å². The van der Waals surface area contributed by atoms with Crippen LogP contribution in [-0.4, -0.2) is 25.3 Å². The van der Waals surface area contributed by atoms with Crippen LogP contribution >= 0.6 is 0 Å². The van der Waals surface area contributed by atoms with Crippen molar-refractivity contribution in [3.63, 3.8) is 0 Å². The van der Waals surface area contributed by atoms with Gasteiger partial charge in [-0.1, -0.05) is 31.4 Å². The summed E-state index contributed by atoms with van der Waals surface area (Å²) in [4.78, 5) is 0. The van der Waals surface area contributed by atoms with Gasteiger partial charge in [0.2, 0.25) is 0 Å². The highest BCUT2D eigenvalue weighted by Gasteiger charge is 2.15. The summed E-state index contributed by atoms with van der Waals surface area (Å²) in [6.45, 7) is 8.36. The highest BCUT2D eigenvalue weighted by molar-refractivity contribution is 5.12. The lowest BCUT2D eigenvalue weighted by Crippen LogP contribution is -2.36. The van der Waals surface area contributed by atoms with E-state index in [2.05, 4.69) is 32.2 Å². The van der Waals surface area contributed by atoms with E-state index in [0.29, 0.717) is 12.1 Å². The molecule has 0 saturated heterocycles. The van der Waals surface area contributed by atoms with Gasteiger partial charge in [-0.05, 0) is 52.5 Å². The number of nitrogens with one attached hydrogen (secondary N) is 1. The zero-order valence-electron chi connectivity index (χ0n) is 12.5. The topological polar surface area (TPSA) is 21.3 Å². The first-order chi connectivity index (χ1) is 8.74. The fraction of sp³-hybridized carbons (Fsp3) is 0.875. The second-order valence-corrected chi connectivity index (χ2v) is 5.62. The molecule has 1 N–H and O–H groups in total. The van der Waals surface area contributed by atoms with Crippen LogP contribution in [0.15, 0.2) is 11.6 Å². The Hall–Kier alpha value is -0.340. The van der Waals surface area contributed by atoms with E-state index in [4.69, 9.17) is 4.74 Å². The Balaban J connectivity index is 2.54. The van der Waals surface area contributed by atoms with Crippen molar-refractivity contribution in [3.05, 3.63) is 11.6 Å². The maximum Gasteiger partial charge on any atom is 0.0661 e. The van der Waals surface area contributed by atoms with Crippen LogP contribution < -0.4 is 5.32 Å². The van der Waals surface area contributed by atoms with Crippen LogP contribution in [0.4, 0.5) is 0 Å². The molecule has 0 aliphatic heterocycles. The lowest BCUT2D eigenvalue weighted by molar-refractivity contribution is 0.0668. The molecule has 0 spiro atoms. The van der Waals surface area contributed by atoms with Crippen LogP contribution in [0.2, 0.25) is 0 Å². The van der Waals surface area contributed by atoms with Gasteiger partial charge in [-0.2, -0.15) is 0 Å². The van der Waals surface area contributed by atoms with Crippen LogP contribution in [-0.2, 0) is 4.74 Å². The third-order valence-electron chi connectivity index (χ3n) is 3.51. The lowest BCUT2D eigenvalue weighted by Gasteiger charge is -2.24. The first kappa shape index (κ1) is 15.7. The minimum atomic E-state index is 0.324. The fourth-order valence-electron chi connectivity index (χ4n) is 2.44.